The Bertz CT molecular complexity index is 2080. The third-order valence-electron chi connectivity index (χ3n) is 8.57. The van der Waals surface area contributed by atoms with Gasteiger partial charge in [-0.1, -0.05) is 54.6 Å². The maximum atomic E-state index is 15.0. The predicted octanol–water partition coefficient (Wildman–Crippen LogP) is 6.74. The average Bonchev–Trinajstić information content (AvgIpc) is 3.01. The second kappa shape index (κ2) is 13.6. The zero-order valence-corrected chi connectivity index (χ0v) is 26.9. The molecule has 0 aliphatic rings. The van der Waals surface area contributed by atoms with Gasteiger partial charge in [-0.2, -0.15) is 13.2 Å². The van der Waals surface area contributed by atoms with Crippen LogP contribution in [0.5, 0.6) is 0 Å². The SMILES string of the molecule is Cc1cccc(F)c1C(=O)N[C@@H](Cc1cccc2c(-c3c(C(F)(F)F)c4cc(CCCN(C)C)ccc4n(C)c3=O)cccc12)C(=O)O. The second-order valence-electron chi connectivity index (χ2n) is 12.2. The van der Waals surface area contributed by atoms with Crippen LogP contribution in [0, 0.1) is 12.7 Å². The van der Waals surface area contributed by atoms with E-state index in [9.17, 15) is 23.9 Å². The fourth-order valence-corrected chi connectivity index (χ4v) is 6.23. The molecule has 5 aromatic rings. The molecule has 2 N–H and O–H groups in total. The molecule has 11 heteroatoms. The molecule has 4 aromatic carbocycles. The van der Waals surface area contributed by atoms with Gasteiger partial charge < -0.3 is 19.9 Å². The first-order valence-electron chi connectivity index (χ1n) is 15.4. The Morgan fingerprint density at radius 2 is 1.65 bits per heavy atom. The summed E-state index contributed by atoms with van der Waals surface area (Å²) in [6.07, 6.45) is -3.85. The van der Waals surface area contributed by atoms with Crippen LogP contribution in [-0.4, -0.2) is 53.1 Å². The zero-order chi connectivity index (χ0) is 34.9. The molecule has 5 rings (SSSR count). The number of carboxylic acids is 1. The summed E-state index contributed by atoms with van der Waals surface area (Å²) in [4.78, 5) is 41.0. The standard InChI is InChI=1S/C37H35F4N3O4/c1-21-9-5-15-28(38)31(21)34(45)42-29(36(47)48)20-23-11-6-13-25-24(23)12-7-14-26(25)32-33(37(39,40)41)27-19-22(10-8-18-43(2)3)16-17-30(27)44(4)35(32)46/h5-7,9,11-17,19,29H,8,10,18,20H2,1-4H3,(H,42,45)(H,47,48)/t29-/m0/s1. The molecule has 48 heavy (non-hydrogen) atoms. The number of rotatable bonds is 10. The summed E-state index contributed by atoms with van der Waals surface area (Å²) in [7, 11) is 5.28. The number of halogens is 4. The van der Waals surface area contributed by atoms with Gasteiger partial charge in [0.15, 0.2) is 0 Å². The Balaban J connectivity index is 1.64. The molecule has 0 radical (unpaired) electrons. The molecule has 250 valence electrons. The van der Waals surface area contributed by atoms with Crippen LogP contribution in [0.4, 0.5) is 17.6 Å². The van der Waals surface area contributed by atoms with Crippen molar-refractivity contribution in [1.82, 2.24) is 14.8 Å². The smallest absolute Gasteiger partial charge is 0.417 e. The van der Waals surface area contributed by atoms with Crippen molar-refractivity contribution in [2.24, 2.45) is 7.05 Å². The molecular formula is C37H35F4N3O4. The summed E-state index contributed by atoms with van der Waals surface area (Å²) < 4.78 is 60.8. The Hall–Kier alpha value is -5.03. The van der Waals surface area contributed by atoms with E-state index in [0.717, 1.165) is 19.0 Å². The molecule has 1 atom stereocenters. The van der Waals surface area contributed by atoms with Gasteiger partial charge in [-0.3, -0.25) is 9.59 Å². The normalized spacial score (nSPS) is 12.5. The van der Waals surface area contributed by atoms with Gasteiger partial charge in [0.1, 0.15) is 11.9 Å². The zero-order valence-electron chi connectivity index (χ0n) is 26.9. The van der Waals surface area contributed by atoms with Crippen molar-refractivity contribution < 1.29 is 32.3 Å². The minimum Gasteiger partial charge on any atom is -0.480 e. The maximum Gasteiger partial charge on any atom is 0.417 e. The molecule has 0 saturated heterocycles. The van der Waals surface area contributed by atoms with Crippen LogP contribution >= 0.6 is 0 Å². The number of fused-ring (bicyclic) bond motifs is 2. The Morgan fingerprint density at radius 3 is 2.31 bits per heavy atom. The van der Waals surface area contributed by atoms with E-state index in [-0.39, 0.29) is 28.5 Å². The van der Waals surface area contributed by atoms with Crippen LogP contribution in [0.15, 0.2) is 77.6 Å². The Labute approximate surface area is 274 Å². The first-order chi connectivity index (χ1) is 22.7. The maximum absolute atomic E-state index is 15.0. The Morgan fingerprint density at radius 1 is 0.958 bits per heavy atom. The molecule has 0 bridgehead atoms. The lowest BCUT2D eigenvalue weighted by molar-refractivity contribution is -0.139. The predicted molar refractivity (Wildman–Crippen MR) is 178 cm³/mol. The minimum atomic E-state index is -4.88. The van der Waals surface area contributed by atoms with Crippen LogP contribution < -0.4 is 10.9 Å². The van der Waals surface area contributed by atoms with Crippen LogP contribution in [-0.2, 0) is 30.9 Å². The van der Waals surface area contributed by atoms with Gasteiger partial charge >= 0.3 is 12.1 Å². The third-order valence-corrected chi connectivity index (χ3v) is 8.57. The highest BCUT2D eigenvalue weighted by Crippen LogP contribution is 2.42. The fraction of sp³-hybridized carbons (Fsp3) is 0.270. The van der Waals surface area contributed by atoms with Crippen molar-refractivity contribution in [3.63, 3.8) is 0 Å². The van der Waals surface area contributed by atoms with E-state index in [0.29, 0.717) is 33.9 Å². The largest absolute Gasteiger partial charge is 0.480 e. The summed E-state index contributed by atoms with van der Waals surface area (Å²) in [5.74, 6) is -3.09. The monoisotopic (exact) mass is 661 g/mol. The lowest BCUT2D eigenvalue weighted by Crippen LogP contribution is -2.42. The number of aromatic nitrogens is 1. The number of nitrogens with one attached hydrogen (secondary N) is 1. The summed E-state index contributed by atoms with van der Waals surface area (Å²) in [6, 6.07) is 16.7. The molecule has 0 fully saturated rings. The van der Waals surface area contributed by atoms with Gasteiger partial charge in [0.2, 0.25) is 0 Å². The number of alkyl halides is 3. The van der Waals surface area contributed by atoms with Gasteiger partial charge in [-0.25, -0.2) is 9.18 Å². The number of aliphatic carboxylic acids is 1. The van der Waals surface area contributed by atoms with E-state index >= 15 is 13.2 Å². The third kappa shape index (κ3) is 6.82. The molecule has 0 spiro atoms. The van der Waals surface area contributed by atoms with Crippen molar-refractivity contribution in [3.05, 3.63) is 117 Å². The van der Waals surface area contributed by atoms with Crippen molar-refractivity contribution in [3.8, 4) is 11.1 Å². The van der Waals surface area contributed by atoms with E-state index < -0.39 is 46.6 Å². The highest BCUT2D eigenvalue weighted by molar-refractivity contribution is 6.02. The Kier molecular flexibility index (Phi) is 9.72. The molecule has 1 aromatic heterocycles. The number of hydrogen-bond donors (Lipinski definition) is 2. The molecule has 0 aliphatic carbocycles. The number of carbonyl (C=O) groups is 2. The van der Waals surface area contributed by atoms with Crippen molar-refractivity contribution in [2.45, 2.75) is 38.4 Å². The van der Waals surface area contributed by atoms with E-state index in [2.05, 4.69) is 5.32 Å². The molecule has 0 unspecified atom stereocenters. The molecular weight excluding hydrogens is 626 g/mol. The van der Waals surface area contributed by atoms with Gasteiger partial charge in [-0.15, -0.1) is 0 Å². The van der Waals surface area contributed by atoms with Gasteiger partial charge in [0.25, 0.3) is 11.5 Å². The first-order valence-corrected chi connectivity index (χ1v) is 15.4. The summed E-state index contributed by atoms with van der Waals surface area (Å²) in [5, 5.41) is 13.0. The number of pyridine rings is 1. The van der Waals surface area contributed by atoms with Gasteiger partial charge in [0, 0.05) is 18.9 Å². The van der Waals surface area contributed by atoms with Crippen LogP contribution in [0.25, 0.3) is 32.8 Å². The van der Waals surface area contributed by atoms with Crippen LogP contribution in [0.2, 0.25) is 0 Å². The number of nitrogens with zero attached hydrogens (tertiary/aromatic N) is 2. The molecule has 1 heterocycles. The topological polar surface area (TPSA) is 91.6 Å². The second-order valence-corrected chi connectivity index (χ2v) is 12.2. The number of carboxylic acid groups (broad SMARTS) is 1. The molecule has 0 saturated carbocycles. The minimum absolute atomic E-state index is 0.0417. The molecule has 1 amide bonds. The lowest BCUT2D eigenvalue weighted by Gasteiger charge is -2.21. The highest BCUT2D eigenvalue weighted by Gasteiger charge is 2.38. The highest BCUT2D eigenvalue weighted by atomic mass is 19.4. The summed E-state index contributed by atoms with van der Waals surface area (Å²) in [5.41, 5.74) is -1.02. The fourth-order valence-electron chi connectivity index (χ4n) is 6.23. The van der Waals surface area contributed by atoms with Crippen LogP contribution in [0.1, 0.15) is 39.0 Å². The number of hydrogen-bond acceptors (Lipinski definition) is 4. The van der Waals surface area contributed by atoms with E-state index in [1.807, 2.05) is 19.0 Å². The summed E-state index contributed by atoms with van der Waals surface area (Å²) in [6.45, 7) is 2.29. The lowest BCUT2D eigenvalue weighted by atomic mass is 9.90. The van der Waals surface area contributed by atoms with Gasteiger partial charge in [0.05, 0.1) is 22.2 Å². The van der Waals surface area contributed by atoms with Crippen molar-refractivity contribution in [1.29, 1.82) is 0 Å². The number of amides is 1. The van der Waals surface area contributed by atoms with E-state index in [1.54, 1.807) is 36.4 Å². The number of benzene rings is 4. The first kappa shape index (κ1) is 34.3. The summed E-state index contributed by atoms with van der Waals surface area (Å²) >= 11 is 0. The van der Waals surface area contributed by atoms with E-state index in [4.69, 9.17) is 0 Å². The van der Waals surface area contributed by atoms with E-state index in [1.165, 1.54) is 48.9 Å². The quantitative estimate of drug-likeness (QED) is 0.162. The van der Waals surface area contributed by atoms with Gasteiger partial charge in [-0.05, 0) is 91.6 Å². The van der Waals surface area contributed by atoms with Crippen LogP contribution in [0.3, 0.4) is 0 Å². The molecule has 7 nitrogen and oxygen atoms in total. The number of aryl methyl sites for hydroxylation is 3. The molecule has 0 aliphatic heterocycles. The average molecular weight is 662 g/mol. The van der Waals surface area contributed by atoms with Crippen molar-refractivity contribution >= 4 is 33.6 Å². The van der Waals surface area contributed by atoms with Crippen molar-refractivity contribution in [2.75, 3.05) is 20.6 Å². The number of carbonyl (C=O) groups excluding carboxylic acids is 1.